The van der Waals surface area contributed by atoms with Crippen molar-refractivity contribution in [1.82, 2.24) is 0 Å². The third-order valence-corrected chi connectivity index (χ3v) is 2.23. The zero-order chi connectivity index (χ0) is 6.57. The fourth-order valence-electron chi connectivity index (χ4n) is 0.450. The molecule has 48 valence electrons. The summed E-state index contributed by atoms with van der Waals surface area (Å²) in [5.41, 5.74) is 0. The number of hydrogen-bond acceptors (Lipinski definition) is 0. The number of allylic oxidation sites excluding steroid dienone is 1. The minimum absolute atomic E-state index is 0.612. The van der Waals surface area contributed by atoms with Gasteiger partial charge in [-0.3, -0.25) is 0 Å². The van der Waals surface area contributed by atoms with E-state index < -0.39 is 0 Å². The highest BCUT2D eigenvalue weighted by atomic mass is 79.9. The highest BCUT2D eigenvalue weighted by molar-refractivity contribution is 9.09. The first-order valence-electron chi connectivity index (χ1n) is 2.93. The molecule has 0 N–H and O–H groups in total. The summed E-state index contributed by atoms with van der Waals surface area (Å²) in [5.74, 6) is 0.715. The summed E-state index contributed by atoms with van der Waals surface area (Å²) in [7, 11) is 0. The van der Waals surface area contributed by atoms with Crippen molar-refractivity contribution in [3.8, 4) is 0 Å². The Morgan fingerprint density at radius 2 is 2.12 bits per heavy atom. The van der Waals surface area contributed by atoms with Crippen molar-refractivity contribution < 1.29 is 0 Å². The maximum absolute atomic E-state index is 3.66. The Morgan fingerprint density at radius 3 is 2.25 bits per heavy atom. The lowest BCUT2D eigenvalue weighted by Gasteiger charge is -2.09. The number of alkyl halides is 1. The van der Waals surface area contributed by atoms with Crippen LogP contribution in [0, 0.1) is 5.92 Å². The van der Waals surface area contributed by atoms with Gasteiger partial charge in [0.2, 0.25) is 0 Å². The molecule has 0 nitrogen and oxygen atoms in total. The Hall–Kier alpha value is 0.220. The Bertz CT molecular complexity index is 66.8. The van der Waals surface area contributed by atoms with Crippen molar-refractivity contribution in [2.24, 2.45) is 5.92 Å². The van der Waals surface area contributed by atoms with Crippen LogP contribution in [-0.2, 0) is 0 Å². The van der Waals surface area contributed by atoms with Crippen molar-refractivity contribution in [2.45, 2.75) is 25.1 Å². The first-order chi connectivity index (χ1) is 3.68. The second-order valence-corrected chi connectivity index (χ2v) is 3.62. The van der Waals surface area contributed by atoms with Crippen molar-refractivity contribution in [3.05, 3.63) is 12.7 Å². The van der Waals surface area contributed by atoms with Gasteiger partial charge in [-0.05, 0) is 12.3 Å². The topological polar surface area (TPSA) is 0 Å². The fraction of sp³-hybridized carbons (Fsp3) is 0.714. The molecule has 0 aromatic rings. The average Bonchev–Trinajstić information content (AvgIpc) is 1.67. The van der Waals surface area contributed by atoms with E-state index in [1.165, 1.54) is 0 Å². The Labute approximate surface area is 60.1 Å². The van der Waals surface area contributed by atoms with Gasteiger partial charge in [-0.15, -0.1) is 6.58 Å². The van der Waals surface area contributed by atoms with Gasteiger partial charge >= 0.3 is 0 Å². The lowest BCUT2D eigenvalue weighted by atomic mass is 10.1. The van der Waals surface area contributed by atoms with Gasteiger partial charge in [-0.25, -0.2) is 0 Å². The molecule has 0 aliphatic heterocycles. The molecule has 0 spiro atoms. The molecule has 0 radical (unpaired) electrons. The van der Waals surface area contributed by atoms with E-state index in [9.17, 15) is 0 Å². The molecule has 1 heteroatoms. The molecule has 0 rings (SSSR count). The van der Waals surface area contributed by atoms with E-state index in [2.05, 4.69) is 36.4 Å². The van der Waals surface area contributed by atoms with Crippen LogP contribution in [-0.4, -0.2) is 4.83 Å². The summed E-state index contributed by atoms with van der Waals surface area (Å²) in [5, 5.41) is 0. The van der Waals surface area contributed by atoms with Crippen LogP contribution in [0.3, 0.4) is 0 Å². The fourth-order valence-corrected chi connectivity index (χ4v) is 0.666. The van der Waals surface area contributed by atoms with E-state index in [0.29, 0.717) is 10.7 Å². The summed E-state index contributed by atoms with van der Waals surface area (Å²) >= 11 is 3.49. The third-order valence-electron chi connectivity index (χ3n) is 1.32. The molecule has 0 aromatic carbocycles. The Balaban J connectivity index is 3.30. The van der Waals surface area contributed by atoms with Crippen LogP contribution in [0.25, 0.3) is 0 Å². The van der Waals surface area contributed by atoms with Crippen LogP contribution in [0.15, 0.2) is 12.7 Å². The predicted octanol–water partition coefficient (Wildman–Crippen LogP) is 2.98. The monoisotopic (exact) mass is 176 g/mol. The molecule has 0 heterocycles. The molecule has 0 saturated heterocycles. The lowest BCUT2D eigenvalue weighted by Crippen LogP contribution is -2.03. The molecule has 0 saturated carbocycles. The first-order valence-corrected chi connectivity index (χ1v) is 3.85. The minimum Gasteiger partial charge on any atom is -0.103 e. The van der Waals surface area contributed by atoms with Crippen molar-refractivity contribution >= 4 is 15.9 Å². The van der Waals surface area contributed by atoms with Crippen LogP contribution < -0.4 is 0 Å². The Kier molecular flexibility index (Phi) is 4.25. The zero-order valence-electron chi connectivity index (χ0n) is 5.52. The molecule has 0 amide bonds. The predicted molar refractivity (Wildman–Crippen MR) is 42.4 cm³/mol. The average molecular weight is 177 g/mol. The quantitative estimate of drug-likeness (QED) is 0.459. The van der Waals surface area contributed by atoms with Crippen LogP contribution in [0.1, 0.15) is 20.3 Å². The summed E-state index contributed by atoms with van der Waals surface area (Å²) in [6, 6.07) is 0. The van der Waals surface area contributed by atoms with Gasteiger partial charge in [0.05, 0.1) is 0 Å². The van der Waals surface area contributed by atoms with Crippen LogP contribution in [0.4, 0.5) is 0 Å². The standard InChI is InChI=1S/C7H13Br/c1-4-5-6(2)7(3)8/h4,6-7H,1,5H2,2-3H3. The SMILES string of the molecule is C=CCC(C)C(C)Br. The first kappa shape index (κ1) is 8.22. The zero-order valence-corrected chi connectivity index (χ0v) is 7.11. The summed E-state index contributed by atoms with van der Waals surface area (Å²) in [6.07, 6.45) is 3.06. The Morgan fingerprint density at radius 1 is 1.62 bits per heavy atom. The molecule has 8 heavy (non-hydrogen) atoms. The summed E-state index contributed by atoms with van der Waals surface area (Å²) in [4.78, 5) is 0.612. The number of rotatable bonds is 3. The summed E-state index contributed by atoms with van der Waals surface area (Å²) in [6.45, 7) is 8.03. The van der Waals surface area contributed by atoms with Gasteiger partial charge in [-0.1, -0.05) is 35.9 Å². The third kappa shape index (κ3) is 3.25. The van der Waals surface area contributed by atoms with Gasteiger partial charge in [-0.2, -0.15) is 0 Å². The van der Waals surface area contributed by atoms with Crippen LogP contribution >= 0.6 is 15.9 Å². The van der Waals surface area contributed by atoms with Gasteiger partial charge in [0.1, 0.15) is 0 Å². The molecule has 0 aromatic heterocycles. The lowest BCUT2D eigenvalue weighted by molar-refractivity contribution is 0.594. The number of halogens is 1. The maximum Gasteiger partial charge on any atom is 0.0146 e. The maximum atomic E-state index is 3.66. The van der Waals surface area contributed by atoms with Crippen molar-refractivity contribution in [2.75, 3.05) is 0 Å². The van der Waals surface area contributed by atoms with E-state index in [1.54, 1.807) is 0 Å². The van der Waals surface area contributed by atoms with E-state index in [-0.39, 0.29) is 0 Å². The second kappa shape index (κ2) is 4.13. The molecule has 0 fully saturated rings. The van der Waals surface area contributed by atoms with E-state index >= 15 is 0 Å². The normalized spacial score (nSPS) is 17.4. The molecule has 0 aliphatic rings. The molecule has 2 unspecified atom stereocenters. The van der Waals surface area contributed by atoms with Gasteiger partial charge in [0.25, 0.3) is 0 Å². The van der Waals surface area contributed by atoms with Crippen molar-refractivity contribution in [1.29, 1.82) is 0 Å². The molecular weight excluding hydrogens is 164 g/mol. The van der Waals surface area contributed by atoms with Gasteiger partial charge in [0.15, 0.2) is 0 Å². The second-order valence-electron chi connectivity index (χ2n) is 2.18. The molecule has 0 bridgehead atoms. The van der Waals surface area contributed by atoms with Crippen LogP contribution in [0.2, 0.25) is 0 Å². The highest BCUT2D eigenvalue weighted by Crippen LogP contribution is 2.14. The van der Waals surface area contributed by atoms with Gasteiger partial charge in [0, 0.05) is 4.83 Å². The highest BCUT2D eigenvalue weighted by Gasteiger charge is 2.04. The van der Waals surface area contributed by atoms with E-state index in [0.717, 1.165) is 6.42 Å². The van der Waals surface area contributed by atoms with E-state index in [1.807, 2.05) is 6.08 Å². The largest absolute Gasteiger partial charge is 0.103 e. The van der Waals surface area contributed by atoms with E-state index in [4.69, 9.17) is 0 Å². The molecular formula is C7H13Br. The van der Waals surface area contributed by atoms with Crippen molar-refractivity contribution in [3.63, 3.8) is 0 Å². The smallest absolute Gasteiger partial charge is 0.0146 e. The molecule has 0 aliphatic carbocycles. The van der Waals surface area contributed by atoms with Gasteiger partial charge < -0.3 is 0 Å². The number of hydrogen-bond donors (Lipinski definition) is 0. The summed E-state index contributed by atoms with van der Waals surface area (Å²) < 4.78 is 0. The van der Waals surface area contributed by atoms with Crippen LogP contribution in [0.5, 0.6) is 0 Å². The minimum atomic E-state index is 0.612. The molecule has 2 atom stereocenters.